The summed E-state index contributed by atoms with van der Waals surface area (Å²) in [5.41, 5.74) is 0.120. The van der Waals surface area contributed by atoms with E-state index in [1.54, 1.807) is 12.1 Å². The molecule has 1 atom stereocenters. The smallest absolute Gasteiger partial charge is 0.223 e. The summed E-state index contributed by atoms with van der Waals surface area (Å²) < 4.78 is 6.10. The van der Waals surface area contributed by atoms with Crippen LogP contribution in [-0.2, 0) is 4.79 Å². The van der Waals surface area contributed by atoms with E-state index in [2.05, 4.69) is 6.58 Å². The first-order valence-corrected chi connectivity index (χ1v) is 7.33. The Morgan fingerprint density at radius 2 is 2.24 bits per heavy atom. The number of likely N-dealkylation sites (tertiary alicyclic amines) is 1. The number of fused-ring (bicyclic) bond motifs is 1. The predicted molar refractivity (Wildman–Crippen MR) is 79.4 cm³/mol. The molecule has 0 N–H and O–H groups in total. The van der Waals surface area contributed by atoms with Crippen molar-refractivity contribution in [3.8, 4) is 5.75 Å². The molecule has 0 radical (unpaired) electrons. The Labute approximate surface area is 124 Å². The SMILES string of the molecule is C=CCCC(=O)N1CCC2(CC(=O)c3ccccc3O2)C1. The van der Waals surface area contributed by atoms with Gasteiger partial charge in [-0.3, -0.25) is 9.59 Å². The molecule has 1 aromatic rings. The van der Waals surface area contributed by atoms with Crippen molar-refractivity contribution in [1.29, 1.82) is 0 Å². The summed E-state index contributed by atoms with van der Waals surface area (Å²) in [6.45, 7) is 4.80. The predicted octanol–water partition coefficient (Wildman–Crippen LogP) is 2.59. The zero-order chi connectivity index (χ0) is 14.9. The van der Waals surface area contributed by atoms with E-state index in [1.807, 2.05) is 23.1 Å². The van der Waals surface area contributed by atoms with Gasteiger partial charge in [-0.25, -0.2) is 0 Å². The molecule has 3 rings (SSSR count). The molecule has 2 aliphatic heterocycles. The molecule has 1 saturated heterocycles. The van der Waals surface area contributed by atoms with Gasteiger partial charge in [0.25, 0.3) is 0 Å². The molecule has 2 aliphatic rings. The summed E-state index contributed by atoms with van der Waals surface area (Å²) in [6, 6.07) is 7.34. The molecule has 110 valence electrons. The molecule has 1 unspecified atom stereocenters. The van der Waals surface area contributed by atoms with Crippen LogP contribution >= 0.6 is 0 Å². The number of ketones is 1. The van der Waals surface area contributed by atoms with E-state index in [1.165, 1.54) is 0 Å². The van der Waals surface area contributed by atoms with Crippen molar-refractivity contribution in [3.63, 3.8) is 0 Å². The fourth-order valence-corrected chi connectivity index (χ4v) is 3.11. The van der Waals surface area contributed by atoms with Crippen LogP contribution < -0.4 is 4.74 Å². The van der Waals surface area contributed by atoms with Crippen molar-refractivity contribution in [3.05, 3.63) is 42.5 Å². The number of para-hydroxylation sites is 1. The van der Waals surface area contributed by atoms with Gasteiger partial charge in [-0.15, -0.1) is 6.58 Å². The van der Waals surface area contributed by atoms with Gasteiger partial charge in [0.05, 0.1) is 18.5 Å². The van der Waals surface area contributed by atoms with E-state index in [9.17, 15) is 9.59 Å². The summed E-state index contributed by atoms with van der Waals surface area (Å²) in [5, 5.41) is 0. The van der Waals surface area contributed by atoms with Crippen molar-refractivity contribution in [2.45, 2.75) is 31.3 Å². The van der Waals surface area contributed by atoms with Crippen molar-refractivity contribution in [2.24, 2.45) is 0 Å². The third-order valence-electron chi connectivity index (χ3n) is 4.23. The number of allylic oxidation sites excluding steroid dienone is 1. The Morgan fingerprint density at radius 3 is 3.05 bits per heavy atom. The molecule has 0 aromatic heterocycles. The third-order valence-corrected chi connectivity index (χ3v) is 4.23. The number of hydrogen-bond acceptors (Lipinski definition) is 3. The van der Waals surface area contributed by atoms with Gasteiger partial charge >= 0.3 is 0 Å². The van der Waals surface area contributed by atoms with Crippen LogP contribution in [0.1, 0.15) is 36.0 Å². The van der Waals surface area contributed by atoms with Crippen LogP contribution in [0.15, 0.2) is 36.9 Å². The lowest BCUT2D eigenvalue weighted by molar-refractivity contribution is -0.130. The molecule has 4 nitrogen and oxygen atoms in total. The van der Waals surface area contributed by atoms with E-state index in [0.29, 0.717) is 50.1 Å². The topological polar surface area (TPSA) is 46.6 Å². The van der Waals surface area contributed by atoms with E-state index in [4.69, 9.17) is 4.74 Å². The molecule has 21 heavy (non-hydrogen) atoms. The molecule has 1 spiro atoms. The van der Waals surface area contributed by atoms with Gasteiger partial charge in [-0.2, -0.15) is 0 Å². The highest BCUT2D eigenvalue weighted by molar-refractivity contribution is 6.00. The summed E-state index contributed by atoms with van der Waals surface area (Å²) in [6.07, 6.45) is 3.98. The second-order valence-electron chi connectivity index (χ2n) is 5.77. The molecular formula is C17H19NO3. The van der Waals surface area contributed by atoms with Crippen molar-refractivity contribution < 1.29 is 14.3 Å². The molecule has 0 saturated carbocycles. The second kappa shape index (κ2) is 5.35. The van der Waals surface area contributed by atoms with E-state index in [-0.39, 0.29) is 11.7 Å². The Kier molecular flexibility index (Phi) is 3.53. The fraction of sp³-hybridized carbons (Fsp3) is 0.412. The number of rotatable bonds is 3. The lowest BCUT2D eigenvalue weighted by Crippen LogP contribution is -2.45. The van der Waals surface area contributed by atoms with Gasteiger partial charge in [-0.05, 0) is 18.6 Å². The highest BCUT2D eigenvalue weighted by Crippen LogP contribution is 2.38. The van der Waals surface area contributed by atoms with Gasteiger partial charge < -0.3 is 9.64 Å². The number of Topliss-reactive ketones (excluding diaryl/α,β-unsaturated/α-hetero) is 1. The summed E-state index contributed by atoms with van der Waals surface area (Å²) >= 11 is 0. The second-order valence-corrected chi connectivity index (χ2v) is 5.77. The Balaban J connectivity index is 1.75. The molecule has 1 fully saturated rings. The summed E-state index contributed by atoms with van der Waals surface area (Å²) in [4.78, 5) is 26.2. The van der Waals surface area contributed by atoms with Crippen LogP contribution in [0.25, 0.3) is 0 Å². The monoisotopic (exact) mass is 285 g/mol. The van der Waals surface area contributed by atoms with Crippen LogP contribution in [0.3, 0.4) is 0 Å². The van der Waals surface area contributed by atoms with E-state index >= 15 is 0 Å². The minimum absolute atomic E-state index is 0.109. The lowest BCUT2D eigenvalue weighted by Gasteiger charge is -2.34. The maximum atomic E-state index is 12.3. The van der Waals surface area contributed by atoms with Crippen LogP contribution in [0.5, 0.6) is 5.75 Å². The minimum atomic E-state index is -0.532. The molecule has 1 aromatic carbocycles. The van der Waals surface area contributed by atoms with Gasteiger partial charge in [-0.1, -0.05) is 18.2 Å². The number of nitrogens with zero attached hydrogens (tertiary/aromatic N) is 1. The molecule has 0 bridgehead atoms. The molecule has 2 heterocycles. The third kappa shape index (κ3) is 2.58. The summed E-state index contributed by atoms with van der Waals surface area (Å²) in [7, 11) is 0. The number of ether oxygens (including phenoxy) is 1. The quantitative estimate of drug-likeness (QED) is 0.802. The average molecular weight is 285 g/mol. The minimum Gasteiger partial charge on any atom is -0.484 e. The van der Waals surface area contributed by atoms with Crippen LogP contribution in [0.2, 0.25) is 0 Å². The molecular weight excluding hydrogens is 266 g/mol. The number of amides is 1. The number of benzene rings is 1. The largest absolute Gasteiger partial charge is 0.484 e. The maximum absolute atomic E-state index is 12.3. The van der Waals surface area contributed by atoms with Crippen LogP contribution in [-0.4, -0.2) is 35.3 Å². The molecule has 0 aliphatic carbocycles. The fourth-order valence-electron chi connectivity index (χ4n) is 3.11. The summed E-state index contributed by atoms with van der Waals surface area (Å²) in [5.74, 6) is 0.869. The molecule has 4 heteroatoms. The first kappa shape index (κ1) is 13.9. The number of carbonyl (C=O) groups excluding carboxylic acids is 2. The van der Waals surface area contributed by atoms with Crippen LogP contribution in [0, 0.1) is 0 Å². The normalized spacial score (nSPS) is 23.8. The zero-order valence-electron chi connectivity index (χ0n) is 12.0. The van der Waals surface area contributed by atoms with E-state index < -0.39 is 5.60 Å². The highest BCUT2D eigenvalue weighted by Gasteiger charge is 2.46. The van der Waals surface area contributed by atoms with Gasteiger partial charge in [0, 0.05) is 19.4 Å². The Bertz CT molecular complexity index is 595. The van der Waals surface area contributed by atoms with E-state index in [0.717, 1.165) is 0 Å². The highest BCUT2D eigenvalue weighted by atomic mass is 16.5. The number of carbonyl (C=O) groups is 2. The Morgan fingerprint density at radius 1 is 1.43 bits per heavy atom. The maximum Gasteiger partial charge on any atom is 0.223 e. The zero-order valence-corrected chi connectivity index (χ0v) is 12.0. The van der Waals surface area contributed by atoms with Crippen LogP contribution in [0.4, 0.5) is 0 Å². The van der Waals surface area contributed by atoms with Gasteiger partial charge in [0.15, 0.2) is 5.78 Å². The average Bonchev–Trinajstić information content (AvgIpc) is 2.88. The first-order valence-electron chi connectivity index (χ1n) is 7.33. The van der Waals surface area contributed by atoms with Crippen molar-refractivity contribution in [2.75, 3.05) is 13.1 Å². The standard InChI is InChI=1S/C17H19NO3/c1-2-3-8-16(20)18-10-9-17(12-18)11-14(19)13-6-4-5-7-15(13)21-17/h2,4-7H,1,3,8-12H2. The van der Waals surface area contributed by atoms with Crippen molar-refractivity contribution in [1.82, 2.24) is 4.90 Å². The van der Waals surface area contributed by atoms with Gasteiger partial charge in [0.2, 0.25) is 5.91 Å². The number of hydrogen-bond donors (Lipinski definition) is 0. The molecule has 1 amide bonds. The lowest BCUT2D eigenvalue weighted by atomic mass is 9.89. The first-order chi connectivity index (χ1) is 10.1. The van der Waals surface area contributed by atoms with Gasteiger partial charge in [0.1, 0.15) is 11.4 Å². The Hall–Kier alpha value is -2.10. The van der Waals surface area contributed by atoms with Crippen molar-refractivity contribution >= 4 is 11.7 Å².